The second-order valence-corrected chi connectivity index (χ2v) is 10.5. The number of aliphatic carboxylic acids is 1. The molecule has 0 radical (unpaired) electrons. The van der Waals surface area contributed by atoms with E-state index in [2.05, 4.69) is 5.32 Å². The lowest BCUT2D eigenvalue weighted by Crippen LogP contribution is -2.60. The van der Waals surface area contributed by atoms with E-state index in [1.807, 2.05) is 66.7 Å². The number of carboxylic acid groups (broad SMARTS) is 1. The Bertz CT molecular complexity index is 1420. The lowest BCUT2D eigenvalue weighted by molar-refractivity contribution is -0.152. The molecule has 2 N–H and O–H groups in total. The van der Waals surface area contributed by atoms with Gasteiger partial charge in [0, 0.05) is 25.6 Å². The van der Waals surface area contributed by atoms with E-state index in [0.717, 1.165) is 27.8 Å². The topological polar surface area (TPSA) is 125 Å². The number of nitrogens with one attached hydrogen (secondary N) is 1. The van der Waals surface area contributed by atoms with E-state index in [1.165, 1.54) is 4.90 Å². The average Bonchev–Trinajstić information content (AvgIpc) is 3.32. The summed E-state index contributed by atoms with van der Waals surface area (Å²) in [7, 11) is 1.67. The molecule has 5 rings (SSSR count). The van der Waals surface area contributed by atoms with E-state index < -0.39 is 42.4 Å². The van der Waals surface area contributed by atoms with E-state index in [4.69, 9.17) is 9.47 Å². The second kappa shape index (κ2) is 12.9. The Kier molecular flexibility index (Phi) is 8.83. The van der Waals surface area contributed by atoms with Crippen molar-refractivity contribution in [2.45, 2.75) is 31.0 Å². The minimum Gasteiger partial charge on any atom is -0.480 e. The molecule has 2 atom stereocenters. The number of fused-ring (bicyclic) bond motifs is 3. The molecule has 0 saturated carbocycles. The van der Waals surface area contributed by atoms with E-state index in [0.29, 0.717) is 6.54 Å². The summed E-state index contributed by atoms with van der Waals surface area (Å²) in [5.74, 6) is -2.49. The van der Waals surface area contributed by atoms with Gasteiger partial charge in [0.05, 0.1) is 6.42 Å². The molecule has 10 nitrogen and oxygen atoms in total. The number of hydrogen-bond acceptors (Lipinski definition) is 7. The van der Waals surface area contributed by atoms with Crippen LogP contribution in [-0.4, -0.2) is 84.2 Å². The molecule has 1 heterocycles. The number of esters is 1. The van der Waals surface area contributed by atoms with Gasteiger partial charge in [-0.25, -0.2) is 4.79 Å². The number of carbonyl (C=O) groups excluding carboxylic acids is 3. The van der Waals surface area contributed by atoms with Crippen LogP contribution in [-0.2, 0) is 30.5 Å². The number of nitrogens with zero attached hydrogens (tertiary/aromatic N) is 2. The molecule has 218 valence electrons. The van der Waals surface area contributed by atoms with Crippen LogP contribution in [0.2, 0.25) is 0 Å². The first-order valence-corrected chi connectivity index (χ1v) is 13.8. The van der Waals surface area contributed by atoms with Crippen molar-refractivity contribution in [3.63, 3.8) is 0 Å². The van der Waals surface area contributed by atoms with E-state index in [-0.39, 0.29) is 32.2 Å². The summed E-state index contributed by atoms with van der Waals surface area (Å²) in [6, 6.07) is 22.8. The third-order valence-electron chi connectivity index (χ3n) is 7.79. The maximum atomic E-state index is 13.5. The predicted octanol–water partition coefficient (Wildman–Crippen LogP) is 3.25. The van der Waals surface area contributed by atoms with Crippen molar-refractivity contribution in [1.29, 1.82) is 0 Å². The molecule has 1 fully saturated rings. The number of hydrogen-bond donors (Lipinski definition) is 2. The van der Waals surface area contributed by atoms with Crippen molar-refractivity contribution < 1.29 is 33.8 Å². The van der Waals surface area contributed by atoms with Crippen LogP contribution in [0, 0.1) is 0 Å². The zero-order valence-electron chi connectivity index (χ0n) is 23.3. The van der Waals surface area contributed by atoms with Gasteiger partial charge in [-0.15, -0.1) is 0 Å². The fraction of sp³-hybridized carbons (Fsp3) is 0.312. The average molecular weight is 572 g/mol. The number of ether oxygens (including phenoxy) is 2. The van der Waals surface area contributed by atoms with Gasteiger partial charge in [-0.2, -0.15) is 0 Å². The van der Waals surface area contributed by atoms with Gasteiger partial charge in [0.25, 0.3) is 0 Å². The highest BCUT2D eigenvalue weighted by atomic mass is 16.5. The van der Waals surface area contributed by atoms with Gasteiger partial charge in [0.15, 0.2) is 0 Å². The SMILES string of the molecule is CN1CCN(C(=O)[C@H](CC(=O)OCc2ccccc2)NC(=O)OCC2c3ccccc3-c3ccccc32)CC1C(=O)O. The van der Waals surface area contributed by atoms with Crippen LogP contribution in [0.15, 0.2) is 78.9 Å². The van der Waals surface area contributed by atoms with E-state index in [1.54, 1.807) is 24.1 Å². The number of carboxylic acids is 1. The Morgan fingerprint density at radius 2 is 1.50 bits per heavy atom. The van der Waals surface area contributed by atoms with Crippen LogP contribution < -0.4 is 5.32 Å². The molecule has 0 bridgehead atoms. The Labute approximate surface area is 243 Å². The fourth-order valence-electron chi connectivity index (χ4n) is 5.51. The number of piperazine rings is 1. The zero-order valence-corrected chi connectivity index (χ0v) is 23.3. The van der Waals surface area contributed by atoms with Gasteiger partial charge in [-0.3, -0.25) is 19.3 Å². The van der Waals surface area contributed by atoms with Crippen molar-refractivity contribution in [1.82, 2.24) is 15.1 Å². The lowest BCUT2D eigenvalue weighted by atomic mass is 9.98. The molecular formula is C32H33N3O7. The minimum absolute atomic E-state index is 0.0150. The number of likely N-dealkylation sites (N-methyl/N-ethyl adjacent to an activating group) is 1. The molecule has 1 aliphatic heterocycles. The first-order chi connectivity index (χ1) is 20.3. The van der Waals surface area contributed by atoms with Crippen LogP contribution in [0.25, 0.3) is 11.1 Å². The summed E-state index contributed by atoms with van der Waals surface area (Å²) in [6.07, 6.45) is -1.28. The third kappa shape index (κ3) is 6.44. The lowest BCUT2D eigenvalue weighted by Gasteiger charge is -2.38. The summed E-state index contributed by atoms with van der Waals surface area (Å²) in [6.45, 7) is 0.558. The number of carbonyl (C=O) groups is 4. The molecule has 1 aliphatic carbocycles. The van der Waals surface area contributed by atoms with Gasteiger partial charge in [0.2, 0.25) is 5.91 Å². The predicted molar refractivity (Wildman–Crippen MR) is 153 cm³/mol. The second-order valence-electron chi connectivity index (χ2n) is 10.5. The van der Waals surface area contributed by atoms with Gasteiger partial charge in [-0.05, 0) is 34.9 Å². The number of benzene rings is 3. The van der Waals surface area contributed by atoms with Crippen molar-refractivity contribution >= 4 is 23.9 Å². The molecule has 42 heavy (non-hydrogen) atoms. The van der Waals surface area contributed by atoms with Gasteiger partial charge in [0.1, 0.15) is 25.3 Å². The number of rotatable bonds is 9. The first-order valence-electron chi connectivity index (χ1n) is 13.8. The molecular weight excluding hydrogens is 538 g/mol. The maximum absolute atomic E-state index is 13.5. The Hall–Kier alpha value is -4.70. The van der Waals surface area contributed by atoms with Crippen molar-refractivity contribution in [2.75, 3.05) is 33.3 Å². The quantitative estimate of drug-likeness (QED) is 0.375. The highest BCUT2D eigenvalue weighted by Crippen LogP contribution is 2.44. The highest BCUT2D eigenvalue weighted by Gasteiger charge is 2.37. The van der Waals surface area contributed by atoms with E-state index in [9.17, 15) is 24.3 Å². The molecule has 2 aliphatic rings. The highest BCUT2D eigenvalue weighted by molar-refractivity contribution is 5.90. The molecule has 0 spiro atoms. The number of alkyl carbamates (subject to hydrolysis) is 1. The fourth-order valence-corrected chi connectivity index (χ4v) is 5.51. The maximum Gasteiger partial charge on any atom is 0.407 e. The minimum atomic E-state index is -1.29. The summed E-state index contributed by atoms with van der Waals surface area (Å²) in [5.41, 5.74) is 5.03. The van der Waals surface area contributed by atoms with Crippen LogP contribution in [0.4, 0.5) is 4.79 Å². The molecule has 0 aromatic heterocycles. The van der Waals surface area contributed by atoms with Crippen LogP contribution >= 0.6 is 0 Å². The first kappa shape index (κ1) is 28.8. The Morgan fingerprint density at radius 1 is 0.881 bits per heavy atom. The van der Waals surface area contributed by atoms with Gasteiger partial charge < -0.3 is 24.8 Å². The summed E-state index contributed by atoms with van der Waals surface area (Å²) in [5, 5.41) is 12.1. The third-order valence-corrected chi connectivity index (χ3v) is 7.79. The van der Waals surface area contributed by atoms with Crippen molar-refractivity contribution in [3.05, 3.63) is 95.6 Å². The molecule has 3 aromatic carbocycles. The smallest absolute Gasteiger partial charge is 0.407 e. The standard InChI is InChI=1S/C32H33N3O7/c1-34-15-16-35(18-28(34)31(38)39)30(37)27(17-29(36)41-19-21-9-3-2-4-10-21)33-32(40)42-20-26-24-13-7-5-11-22(24)23-12-6-8-14-25(23)26/h2-14,26-28H,15-20H2,1H3,(H,33,40)(H,38,39)/t27-,28?/m0/s1. The molecule has 10 heteroatoms. The largest absolute Gasteiger partial charge is 0.480 e. The van der Waals surface area contributed by atoms with Crippen LogP contribution in [0.5, 0.6) is 0 Å². The molecule has 3 aromatic rings. The molecule has 1 saturated heterocycles. The molecule has 1 unspecified atom stereocenters. The summed E-state index contributed by atoms with van der Waals surface area (Å²) < 4.78 is 11.0. The van der Waals surface area contributed by atoms with Gasteiger partial charge in [-0.1, -0.05) is 78.9 Å². The summed E-state index contributed by atoms with van der Waals surface area (Å²) >= 11 is 0. The van der Waals surface area contributed by atoms with Crippen LogP contribution in [0.1, 0.15) is 29.0 Å². The Morgan fingerprint density at radius 3 is 2.14 bits per heavy atom. The molecule has 2 amide bonds. The normalized spacial score (nSPS) is 17.1. The monoisotopic (exact) mass is 571 g/mol. The van der Waals surface area contributed by atoms with Crippen LogP contribution in [0.3, 0.4) is 0 Å². The van der Waals surface area contributed by atoms with Crippen molar-refractivity contribution in [3.8, 4) is 11.1 Å². The van der Waals surface area contributed by atoms with E-state index >= 15 is 0 Å². The number of amides is 2. The summed E-state index contributed by atoms with van der Waals surface area (Å²) in [4.78, 5) is 54.1. The Balaban J connectivity index is 1.27. The van der Waals surface area contributed by atoms with Crippen molar-refractivity contribution in [2.24, 2.45) is 0 Å². The zero-order chi connectivity index (χ0) is 29.6. The van der Waals surface area contributed by atoms with Gasteiger partial charge >= 0.3 is 18.0 Å².